The van der Waals surface area contributed by atoms with Crippen molar-refractivity contribution in [1.82, 2.24) is 20.2 Å². The molecule has 0 saturated carbocycles. The third-order valence-electron chi connectivity index (χ3n) is 4.63. The SMILES string of the molecule is CN(c1ncccc1-c1nc(-c2ccc(S(C)(=O)=O)cc2)n[nH]1)C1COCCO1. The Hall–Kier alpha value is -2.82. The van der Waals surface area contributed by atoms with Crippen molar-refractivity contribution in [2.24, 2.45) is 0 Å². The van der Waals surface area contributed by atoms with E-state index in [0.29, 0.717) is 42.9 Å². The summed E-state index contributed by atoms with van der Waals surface area (Å²) in [6, 6.07) is 10.2. The van der Waals surface area contributed by atoms with Gasteiger partial charge in [0.15, 0.2) is 27.7 Å². The molecule has 9 nitrogen and oxygen atoms in total. The van der Waals surface area contributed by atoms with Gasteiger partial charge >= 0.3 is 0 Å². The van der Waals surface area contributed by atoms with Gasteiger partial charge in [0.1, 0.15) is 5.82 Å². The lowest BCUT2D eigenvalue weighted by Crippen LogP contribution is -2.42. The summed E-state index contributed by atoms with van der Waals surface area (Å²) in [5.74, 6) is 1.71. The normalized spacial score (nSPS) is 17.2. The number of aromatic nitrogens is 4. The van der Waals surface area contributed by atoms with E-state index in [0.717, 1.165) is 5.56 Å². The molecule has 1 unspecified atom stereocenters. The van der Waals surface area contributed by atoms with Crippen LogP contribution in [-0.4, -0.2) is 67.9 Å². The summed E-state index contributed by atoms with van der Waals surface area (Å²) < 4.78 is 34.5. The zero-order valence-corrected chi connectivity index (χ0v) is 16.9. The Kier molecular flexibility index (Phi) is 5.31. The minimum Gasteiger partial charge on any atom is -0.374 e. The van der Waals surface area contributed by atoms with Crippen molar-refractivity contribution < 1.29 is 17.9 Å². The molecule has 1 atom stereocenters. The Bertz CT molecular complexity index is 1090. The van der Waals surface area contributed by atoms with Gasteiger partial charge in [0.2, 0.25) is 0 Å². The van der Waals surface area contributed by atoms with E-state index in [1.807, 2.05) is 24.1 Å². The number of aromatic amines is 1. The topological polar surface area (TPSA) is 110 Å². The number of pyridine rings is 1. The summed E-state index contributed by atoms with van der Waals surface area (Å²) >= 11 is 0. The molecule has 1 N–H and O–H groups in total. The molecule has 2 aromatic heterocycles. The maximum atomic E-state index is 11.6. The van der Waals surface area contributed by atoms with Crippen molar-refractivity contribution in [2.75, 3.05) is 38.0 Å². The highest BCUT2D eigenvalue weighted by atomic mass is 32.2. The van der Waals surface area contributed by atoms with Crippen LogP contribution in [0.5, 0.6) is 0 Å². The number of likely N-dealkylation sites (N-methyl/N-ethyl adjacent to an activating group) is 1. The number of ether oxygens (including phenoxy) is 2. The minimum atomic E-state index is -3.25. The van der Waals surface area contributed by atoms with Gasteiger partial charge in [-0.2, -0.15) is 5.10 Å². The van der Waals surface area contributed by atoms with Crippen LogP contribution < -0.4 is 4.90 Å². The summed E-state index contributed by atoms with van der Waals surface area (Å²) in [6.45, 7) is 1.58. The largest absolute Gasteiger partial charge is 0.374 e. The van der Waals surface area contributed by atoms with Gasteiger partial charge in [-0.05, 0) is 36.4 Å². The van der Waals surface area contributed by atoms with E-state index in [1.54, 1.807) is 30.5 Å². The fourth-order valence-corrected chi connectivity index (χ4v) is 3.69. The first kappa shape index (κ1) is 19.5. The van der Waals surface area contributed by atoms with Crippen molar-refractivity contribution >= 4 is 15.7 Å². The Balaban J connectivity index is 1.63. The standard InChI is InChI=1S/C19H21N5O4S/c1-24(16-12-27-10-11-28-16)19-15(4-3-9-20-19)18-21-17(22-23-18)13-5-7-14(8-6-13)29(2,25)26/h3-9,16H,10-12H2,1-2H3,(H,21,22,23). The monoisotopic (exact) mass is 415 g/mol. The number of anilines is 1. The predicted molar refractivity (Wildman–Crippen MR) is 107 cm³/mol. The van der Waals surface area contributed by atoms with Crippen LogP contribution in [0.25, 0.3) is 22.8 Å². The van der Waals surface area contributed by atoms with E-state index in [4.69, 9.17) is 9.47 Å². The molecule has 1 fully saturated rings. The van der Waals surface area contributed by atoms with Crippen LogP contribution in [0.4, 0.5) is 5.82 Å². The Labute approximate surface area is 168 Å². The van der Waals surface area contributed by atoms with E-state index in [1.165, 1.54) is 6.26 Å². The predicted octanol–water partition coefficient (Wildman–Crippen LogP) is 1.75. The average molecular weight is 415 g/mol. The Morgan fingerprint density at radius 2 is 1.97 bits per heavy atom. The van der Waals surface area contributed by atoms with Crippen molar-refractivity contribution in [3.63, 3.8) is 0 Å². The third-order valence-corrected chi connectivity index (χ3v) is 5.76. The van der Waals surface area contributed by atoms with Crippen LogP contribution in [0.1, 0.15) is 0 Å². The highest BCUT2D eigenvalue weighted by Gasteiger charge is 2.24. The first-order chi connectivity index (χ1) is 13.9. The molecule has 1 aliphatic rings. The number of hydrogen-bond acceptors (Lipinski definition) is 8. The van der Waals surface area contributed by atoms with E-state index in [9.17, 15) is 8.42 Å². The number of hydrogen-bond donors (Lipinski definition) is 1. The van der Waals surface area contributed by atoms with Crippen LogP contribution in [0.15, 0.2) is 47.5 Å². The summed E-state index contributed by atoms with van der Waals surface area (Å²) in [7, 11) is -1.35. The Morgan fingerprint density at radius 3 is 2.66 bits per heavy atom. The van der Waals surface area contributed by atoms with Crippen LogP contribution >= 0.6 is 0 Å². The summed E-state index contributed by atoms with van der Waals surface area (Å²) in [6.07, 6.45) is 2.65. The highest BCUT2D eigenvalue weighted by molar-refractivity contribution is 7.90. The van der Waals surface area contributed by atoms with Crippen molar-refractivity contribution in [3.05, 3.63) is 42.6 Å². The van der Waals surface area contributed by atoms with Crippen LogP contribution in [0.3, 0.4) is 0 Å². The molecule has 10 heteroatoms. The van der Waals surface area contributed by atoms with Gasteiger partial charge in [0.05, 0.1) is 30.3 Å². The third kappa shape index (κ3) is 4.14. The second kappa shape index (κ2) is 7.90. The zero-order chi connectivity index (χ0) is 20.4. The molecule has 29 heavy (non-hydrogen) atoms. The molecule has 3 aromatic rings. The number of benzene rings is 1. The lowest BCUT2D eigenvalue weighted by molar-refractivity contribution is -0.0867. The number of nitrogens with one attached hydrogen (secondary N) is 1. The van der Waals surface area contributed by atoms with Crippen molar-refractivity contribution in [2.45, 2.75) is 11.1 Å². The molecule has 0 aliphatic carbocycles. The minimum absolute atomic E-state index is 0.233. The van der Waals surface area contributed by atoms with Gasteiger partial charge in [0, 0.05) is 25.1 Å². The number of nitrogens with zero attached hydrogens (tertiary/aromatic N) is 4. The lowest BCUT2D eigenvalue weighted by Gasteiger charge is -2.32. The first-order valence-electron chi connectivity index (χ1n) is 9.04. The lowest BCUT2D eigenvalue weighted by atomic mass is 10.2. The molecule has 1 saturated heterocycles. The van der Waals surface area contributed by atoms with Gasteiger partial charge in [-0.1, -0.05) is 0 Å². The maximum Gasteiger partial charge on any atom is 0.181 e. The summed E-state index contributed by atoms with van der Waals surface area (Å²) in [5, 5.41) is 7.23. The zero-order valence-electron chi connectivity index (χ0n) is 16.1. The fraction of sp³-hybridized carbons (Fsp3) is 0.316. The quantitative estimate of drug-likeness (QED) is 0.671. The molecule has 152 valence electrons. The van der Waals surface area contributed by atoms with Crippen molar-refractivity contribution in [1.29, 1.82) is 0 Å². The van der Waals surface area contributed by atoms with E-state index in [2.05, 4.69) is 20.2 Å². The molecule has 0 amide bonds. The van der Waals surface area contributed by atoms with E-state index in [-0.39, 0.29) is 11.1 Å². The summed E-state index contributed by atoms with van der Waals surface area (Å²) in [4.78, 5) is 11.2. The maximum absolute atomic E-state index is 11.6. The van der Waals surface area contributed by atoms with E-state index >= 15 is 0 Å². The second-order valence-electron chi connectivity index (χ2n) is 6.69. The van der Waals surface area contributed by atoms with Crippen LogP contribution in [0.2, 0.25) is 0 Å². The molecule has 3 heterocycles. The van der Waals surface area contributed by atoms with Crippen LogP contribution in [-0.2, 0) is 19.3 Å². The smallest absolute Gasteiger partial charge is 0.181 e. The molecule has 1 aliphatic heterocycles. The highest BCUT2D eigenvalue weighted by Crippen LogP contribution is 2.29. The van der Waals surface area contributed by atoms with E-state index < -0.39 is 9.84 Å². The van der Waals surface area contributed by atoms with Gasteiger partial charge in [-0.15, -0.1) is 0 Å². The van der Waals surface area contributed by atoms with Gasteiger partial charge in [-0.25, -0.2) is 18.4 Å². The van der Waals surface area contributed by atoms with Gasteiger partial charge in [0.25, 0.3) is 0 Å². The van der Waals surface area contributed by atoms with Crippen molar-refractivity contribution in [3.8, 4) is 22.8 Å². The summed E-state index contributed by atoms with van der Waals surface area (Å²) in [5.41, 5.74) is 1.48. The van der Waals surface area contributed by atoms with Gasteiger partial charge < -0.3 is 14.4 Å². The molecular weight excluding hydrogens is 394 g/mol. The molecule has 4 rings (SSSR count). The van der Waals surface area contributed by atoms with Crippen LogP contribution in [0, 0.1) is 0 Å². The fourth-order valence-electron chi connectivity index (χ4n) is 3.06. The number of sulfone groups is 1. The molecule has 1 aromatic carbocycles. The Morgan fingerprint density at radius 1 is 1.17 bits per heavy atom. The molecular formula is C19H21N5O4S. The molecule has 0 spiro atoms. The molecule has 0 bridgehead atoms. The molecule has 0 radical (unpaired) electrons. The number of H-pyrrole nitrogens is 1. The number of rotatable bonds is 5. The first-order valence-corrected chi connectivity index (χ1v) is 10.9. The second-order valence-corrected chi connectivity index (χ2v) is 8.71. The average Bonchev–Trinajstić information content (AvgIpc) is 3.23. The van der Waals surface area contributed by atoms with Gasteiger partial charge in [-0.3, -0.25) is 5.10 Å².